The molecule has 0 aliphatic rings. The Morgan fingerprint density at radius 3 is 2.57 bits per heavy atom. The van der Waals surface area contributed by atoms with Gasteiger partial charge in [-0.1, -0.05) is 33.1 Å². The summed E-state index contributed by atoms with van der Waals surface area (Å²) < 4.78 is 6.20. The molecule has 0 fully saturated rings. The van der Waals surface area contributed by atoms with Gasteiger partial charge < -0.3 is 20.7 Å². The molecule has 0 aliphatic heterocycles. The van der Waals surface area contributed by atoms with Crippen molar-refractivity contribution >= 4 is 28.8 Å². The van der Waals surface area contributed by atoms with E-state index in [1.807, 2.05) is 13.8 Å². The van der Waals surface area contributed by atoms with Crippen molar-refractivity contribution in [3.8, 4) is 0 Å². The molecule has 2 rings (SSSR count). The van der Waals surface area contributed by atoms with E-state index in [-0.39, 0.29) is 41.5 Å². The molecule has 0 aliphatic carbocycles. The first-order valence-electron chi connectivity index (χ1n) is 11.7. The van der Waals surface area contributed by atoms with Gasteiger partial charge in [-0.15, -0.1) is 0 Å². The second-order valence-electron chi connectivity index (χ2n) is 8.07. The zero-order valence-electron chi connectivity index (χ0n) is 20.5. The number of rotatable bonds is 14. The molecule has 12 heteroatoms. The average molecular weight is 491 g/mol. The molecule has 12 nitrogen and oxygen atoms in total. The van der Waals surface area contributed by atoms with Gasteiger partial charge in [0.1, 0.15) is 11.5 Å². The highest BCUT2D eigenvalue weighted by Gasteiger charge is 2.27. The lowest BCUT2D eigenvalue weighted by Crippen LogP contribution is -2.41. The first-order chi connectivity index (χ1) is 16.8. The number of hydrogen-bond acceptors (Lipinski definition) is 8. The van der Waals surface area contributed by atoms with Gasteiger partial charge in [0.2, 0.25) is 0 Å². The van der Waals surface area contributed by atoms with Gasteiger partial charge in [0.05, 0.1) is 11.5 Å². The summed E-state index contributed by atoms with van der Waals surface area (Å²) in [6, 6.07) is 4.07. The van der Waals surface area contributed by atoms with Crippen molar-refractivity contribution in [3.63, 3.8) is 0 Å². The Morgan fingerprint density at radius 1 is 1.23 bits per heavy atom. The van der Waals surface area contributed by atoms with Crippen molar-refractivity contribution < 1.29 is 14.5 Å². The molecule has 0 unspecified atom stereocenters. The van der Waals surface area contributed by atoms with E-state index in [9.17, 15) is 24.5 Å². The van der Waals surface area contributed by atoms with E-state index >= 15 is 0 Å². The molecule has 1 aromatic heterocycles. The number of hydrogen-bond donors (Lipinski definition) is 3. The van der Waals surface area contributed by atoms with Crippen LogP contribution < -0.4 is 27.2 Å². The minimum absolute atomic E-state index is 0.0237. The zero-order chi connectivity index (χ0) is 26.0. The van der Waals surface area contributed by atoms with Crippen LogP contribution in [0.3, 0.4) is 0 Å². The van der Waals surface area contributed by atoms with E-state index in [0.29, 0.717) is 26.0 Å². The number of benzene rings is 1. The number of carbonyl (C=O) groups is 1. The van der Waals surface area contributed by atoms with Crippen molar-refractivity contribution in [1.29, 1.82) is 0 Å². The van der Waals surface area contributed by atoms with Gasteiger partial charge in [0.15, 0.2) is 5.69 Å². The number of ether oxygens (including phenoxy) is 1. The summed E-state index contributed by atoms with van der Waals surface area (Å²) in [5, 5.41) is 14.6. The number of amides is 1. The normalized spacial score (nSPS) is 10.8. The van der Waals surface area contributed by atoms with Crippen LogP contribution in [0.4, 0.5) is 22.9 Å². The molecule has 0 radical (unpaired) electrons. The highest BCUT2D eigenvalue weighted by atomic mass is 16.6. The number of nitro groups is 1. The van der Waals surface area contributed by atoms with Crippen LogP contribution in [0.15, 0.2) is 27.8 Å². The molecule has 0 bridgehead atoms. The highest BCUT2D eigenvalue weighted by molar-refractivity contribution is 6.08. The number of anilines is 3. The minimum Gasteiger partial charge on any atom is -0.383 e. The highest BCUT2D eigenvalue weighted by Crippen LogP contribution is 2.28. The lowest BCUT2D eigenvalue weighted by atomic mass is 10.1. The number of aromatic nitrogens is 2. The van der Waals surface area contributed by atoms with E-state index in [4.69, 9.17) is 10.5 Å². The number of unbranched alkanes of at least 4 members (excludes halogenated alkanes) is 3. The molecule has 4 N–H and O–H groups in total. The summed E-state index contributed by atoms with van der Waals surface area (Å²) in [5.74, 6) is -0.727. The van der Waals surface area contributed by atoms with E-state index in [2.05, 4.69) is 10.3 Å². The Labute approximate surface area is 203 Å². The first kappa shape index (κ1) is 27.6. The smallest absolute Gasteiger partial charge is 0.330 e. The SMILES string of the molecule is CCCCCN(C(=O)c1ccc(NCCOC)c([N+](=O)[O-])c1)c1c(N)n(CCCC)c(=O)[nH]c1=O. The van der Waals surface area contributed by atoms with Gasteiger partial charge in [-0.2, -0.15) is 0 Å². The zero-order valence-corrected chi connectivity index (χ0v) is 20.5. The number of H-pyrrole nitrogens is 1. The molecule has 2 aromatic rings. The standard InChI is InChI=1S/C23H34N6O6/c1-4-6-8-13-27(19-20(24)28(12-7-5-2)23(32)26-21(19)30)22(31)16-9-10-17(25-11-14-35-3)18(15-16)29(33)34/h9-10,15,25H,4-8,11-14,24H2,1-3H3,(H,26,30,32). The van der Waals surface area contributed by atoms with Crippen molar-refractivity contribution in [2.24, 2.45) is 0 Å². The number of nitrogens with two attached hydrogens (primary N) is 1. The van der Waals surface area contributed by atoms with Gasteiger partial charge in [0, 0.05) is 38.4 Å². The number of carbonyl (C=O) groups excluding carboxylic acids is 1. The van der Waals surface area contributed by atoms with E-state index in [0.717, 1.165) is 19.3 Å². The number of nitrogens with zero attached hydrogens (tertiary/aromatic N) is 3. The van der Waals surface area contributed by atoms with Crippen LogP contribution in [0.1, 0.15) is 56.3 Å². The number of methoxy groups -OCH3 is 1. The van der Waals surface area contributed by atoms with Gasteiger partial charge in [-0.05, 0) is 25.0 Å². The fraction of sp³-hybridized carbons (Fsp3) is 0.522. The van der Waals surface area contributed by atoms with Crippen LogP contribution in [0, 0.1) is 10.1 Å². The van der Waals surface area contributed by atoms with Gasteiger partial charge in [0.25, 0.3) is 17.2 Å². The van der Waals surface area contributed by atoms with Crippen molar-refractivity contribution in [1.82, 2.24) is 9.55 Å². The number of nitrogens with one attached hydrogen (secondary N) is 2. The summed E-state index contributed by atoms with van der Waals surface area (Å²) in [7, 11) is 1.52. The van der Waals surface area contributed by atoms with E-state index in [1.165, 1.54) is 34.8 Å². The van der Waals surface area contributed by atoms with Gasteiger partial charge in [-0.3, -0.25) is 29.3 Å². The molecule has 35 heavy (non-hydrogen) atoms. The van der Waals surface area contributed by atoms with Crippen LogP contribution >= 0.6 is 0 Å². The van der Waals surface area contributed by atoms with E-state index < -0.39 is 22.1 Å². The minimum atomic E-state index is -0.780. The average Bonchev–Trinajstić information content (AvgIpc) is 2.82. The van der Waals surface area contributed by atoms with Crippen LogP contribution in [-0.4, -0.2) is 47.2 Å². The van der Waals surface area contributed by atoms with Gasteiger partial charge >= 0.3 is 5.69 Å². The second-order valence-corrected chi connectivity index (χ2v) is 8.07. The summed E-state index contributed by atoms with van der Waals surface area (Å²) in [4.78, 5) is 53.3. The number of nitro benzene ring substituents is 1. The molecule has 0 saturated carbocycles. The fourth-order valence-electron chi connectivity index (χ4n) is 3.62. The lowest BCUT2D eigenvalue weighted by molar-refractivity contribution is -0.384. The van der Waals surface area contributed by atoms with Crippen LogP contribution in [0.2, 0.25) is 0 Å². The number of nitrogen functional groups attached to an aromatic ring is 1. The fourth-order valence-corrected chi connectivity index (χ4v) is 3.62. The molecular weight excluding hydrogens is 456 g/mol. The molecule has 0 saturated heterocycles. The summed E-state index contributed by atoms with van der Waals surface area (Å²) >= 11 is 0. The summed E-state index contributed by atoms with van der Waals surface area (Å²) in [5.41, 5.74) is 4.66. The van der Waals surface area contributed by atoms with Crippen LogP contribution in [0.25, 0.3) is 0 Å². The molecule has 1 aromatic carbocycles. The molecule has 1 heterocycles. The molecular formula is C23H34N6O6. The quantitative estimate of drug-likeness (QED) is 0.206. The van der Waals surface area contributed by atoms with E-state index in [1.54, 1.807) is 0 Å². The van der Waals surface area contributed by atoms with Crippen molar-refractivity contribution in [2.75, 3.05) is 42.8 Å². The predicted octanol–water partition coefficient (Wildman–Crippen LogP) is 2.72. The maximum Gasteiger partial charge on any atom is 0.330 e. The Morgan fingerprint density at radius 2 is 1.94 bits per heavy atom. The molecule has 0 spiro atoms. The van der Waals surface area contributed by atoms with Crippen LogP contribution in [-0.2, 0) is 11.3 Å². The van der Waals surface area contributed by atoms with Gasteiger partial charge in [-0.25, -0.2) is 4.79 Å². The third kappa shape index (κ3) is 6.92. The summed E-state index contributed by atoms with van der Waals surface area (Å²) in [6.07, 6.45) is 3.70. The van der Waals surface area contributed by atoms with Crippen LogP contribution in [0.5, 0.6) is 0 Å². The molecule has 192 valence electrons. The summed E-state index contributed by atoms with van der Waals surface area (Å²) in [6.45, 7) is 5.09. The maximum absolute atomic E-state index is 13.6. The number of aromatic amines is 1. The Bertz CT molecular complexity index is 1140. The molecule has 0 atom stereocenters. The second kappa shape index (κ2) is 13.3. The Hall–Kier alpha value is -3.67. The Kier molecular flexibility index (Phi) is 10.5. The Balaban J connectivity index is 2.56. The third-order valence-corrected chi connectivity index (χ3v) is 5.51. The maximum atomic E-state index is 13.6. The third-order valence-electron chi connectivity index (χ3n) is 5.51. The van der Waals surface area contributed by atoms with Crippen molar-refractivity contribution in [2.45, 2.75) is 52.5 Å². The first-order valence-corrected chi connectivity index (χ1v) is 11.7. The largest absolute Gasteiger partial charge is 0.383 e. The topological polar surface area (TPSA) is 166 Å². The lowest BCUT2D eigenvalue weighted by Gasteiger charge is -2.25. The molecule has 1 amide bonds. The van der Waals surface area contributed by atoms with Crippen molar-refractivity contribution in [3.05, 3.63) is 54.7 Å². The monoisotopic (exact) mass is 490 g/mol. The predicted molar refractivity (Wildman–Crippen MR) is 135 cm³/mol.